The Morgan fingerprint density at radius 3 is 2.81 bits per heavy atom. The van der Waals surface area contributed by atoms with Gasteiger partial charge in [0.2, 0.25) is 5.78 Å². The minimum atomic E-state index is -0.0897. The molecule has 0 aliphatic rings. The van der Waals surface area contributed by atoms with E-state index in [1.54, 1.807) is 0 Å². The van der Waals surface area contributed by atoms with Gasteiger partial charge >= 0.3 is 0 Å². The number of aryl methyl sites for hydroxylation is 2. The van der Waals surface area contributed by atoms with Gasteiger partial charge in [-0.25, -0.2) is 4.98 Å². The first-order valence-electron chi connectivity index (χ1n) is 5.15. The summed E-state index contributed by atoms with van der Waals surface area (Å²) in [6, 6.07) is 7.55. The van der Waals surface area contributed by atoms with E-state index in [2.05, 4.69) is 9.97 Å². The third kappa shape index (κ3) is 1.04. The number of para-hydroxylation sites is 1. The van der Waals surface area contributed by atoms with Crippen molar-refractivity contribution < 1.29 is 0 Å². The van der Waals surface area contributed by atoms with E-state index in [1.165, 1.54) is 0 Å². The molecular formula is C12H11N3O. The minimum absolute atomic E-state index is 0.0897. The lowest BCUT2D eigenvalue weighted by Gasteiger charge is -2.02. The second-order valence-electron chi connectivity index (χ2n) is 3.91. The highest BCUT2D eigenvalue weighted by Crippen LogP contribution is 2.15. The monoisotopic (exact) mass is 213 g/mol. The van der Waals surface area contributed by atoms with Crippen LogP contribution in [0.15, 0.2) is 29.1 Å². The van der Waals surface area contributed by atoms with E-state index in [0.29, 0.717) is 11.2 Å². The molecule has 80 valence electrons. The summed E-state index contributed by atoms with van der Waals surface area (Å²) < 4.78 is 1.98. The fourth-order valence-corrected chi connectivity index (χ4v) is 2.02. The van der Waals surface area contributed by atoms with E-state index < -0.39 is 0 Å². The zero-order chi connectivity index (χ0) is 11.3. The molecule has 0 aliphatic heterocycles. The molecule has 0 fully saturated rings. The van der Waals surface area contributed by atoms with Crippen molar-refractivity contribution in [2.75, 3.05) is 0 Å². The lowest BCUT2D eigenvalue weighted by atomic mass is 10.2. The third-order valence-electron chi connectivity index (χ3n) is 2.96. The summed E-state index contributed by atoms with van der Waals surface area (Å²) in [5.41, 5.74) is 2.81. The maximum atomic E-state index is 11.8. The standard InChI is InChI=1S/C12H11N3O/c1-7-8(2)15-10-6-4-3-5-9(10)11(16)14-12(15)13-7/h3-6H,1-2H3,(H,13,14,16). The summed E-state index contributed by atoms with van der Waals surface area (Å²) in [6.07, 6.45) is 0. The Hall–Kier alpha value is -2.10. The Labute approximate surface area is 91.6 Å². The van der Waals surface area contributed by atoms with Gasteiger partial charge < -0.3 is 0 Å². The van der Waals surface area contributed by atoms with Gasteiger partial charge in [-0.3, -0.25) is 14.2 Å². The molecule has 1 N–H and O–H groups in total. The molecule has 2 aromatic heterocycles. The Morgan fingerprint density at radius 1 is 1.25 bits per heavy atom. The number of nitrogens with one attached hydrogen (secondary N) is 1. The topological polar surface area (TPSA) is 50.2 Å². The molecule has 3 aromatic rings. The van der Waals surface area contributed by atoms with Gasteiger partial charge in [-0.05, 0) is 26.0 Å². The van der Waals surface area contributed by atoms with E-state index in [1.807, 2.05) is 42.5 Å². The van der Waals surface area contributed by atoms with Crippen LogP contribution >= 0.6 is 0 Å². The lowest BCUT2D eigenvalue weighted by Crippen LogP contribution is -2.10. The summed E-state index contributed by atoms with van der Waals surface area (Å²) >= 11 is 0. The van der Waals surface area contributed by atoms with Crippen molar-refractivity contribution >= 4 is 16.7 Å². The Kier molecular flexibility index (Phi) is 1.68. The predicted molar refractivity (Wildman–Crippen MR) is 62.8 cm³/mol. The predicted octanol–water partition coefficient (Wildman–Crippen LogP) is 1.79. The van der Waals surface area contributed by atoms with E-state index in [4.69, 9.17) is 0 Å². The molecule has 3 rings (SSSR count). The van der Waals surface area contributed by atoms with Gasteiger partial charge in [-0.2, -0.15) is 0 Å². The Balaban J connectivity index is 2.72. The summed E-state index contributed by atoms with van der Waals surface area (Å²) in [6.45, 7) is 3.94. The smallest absolute Gasteiger partial charge is 0.260 e. The number of H-pyrrole nitrogens is 1. The summed E-state index contributed by atoms with van der Waals surface area (Å²) in [5, 5.41) is 0.690. The maximum absolute atomic E-state index is 11.8. The molecule has 16 heavy (non-hydrogen) atoms. The first-order valence-corrected chi connectivity index (χ1v) is 5.15. The van der Waals surface area contributed by atoms with Crippen LogP contribution in [-0.4, -0.2) is 14.4 Å². The van der Waals surface area contributed by atoms with Crippen LogP contribution in [0.1, 0.15) is 11.4 Å². The van der Waals surface area contributed by atoms with Gasteiger partial charge in [0.05, 0.1) is 16.6 Å². The fourth-order valence-electron chi connectivity index (χ4n) is 2.02. The van der Waals surface area contributed by atoms with E-state index in [9.17, 15) is 4.79 Å². The maximum Gasteiger partial charge on any atom is 0.260 e. The Bertz CT molecular complexity index is 752. The quantitative estimate of drug-likeness (QED) is 0.619. The molecule has 4 heteroatoms. The number of benzene rings is 1. The molecular weight excluding hydrogens is 202 g/mol. The van der Waals surface area contributed by atoms with Crippen LogP contribution in [0.3, 0.4) is 0 Å². The number of aromatic amines is 1. The second kappa shape index (κ2) is 2.95. The van der Waals surface area contributed by atoms with Gasteiger partial charge in [0, 0.05) is 5.69 Å². The van der Waals surface area contributed by atoms with Crippen molar-refractivity contribution in [3.05, 3.63) is 46.0 Å². The normalized spacial score (nSPS) is 11.4. The molecule has 0 aliphatic carbocycles. The van der Waals surface area contributed by atoms with Gasteiger partial charge in [0.1, 0.15) is 0 Å². The van der Waals surface area contributed by atoms with Crippen LogP contribution in [0.2, 0.25) is 0 Å². The molecule has 0 saturated heterocycles. The molecule has 1 aromatic carbocycles. The average molecular weight is 213 g/mol. The van der Waals surface area contributed by atoms with Gasteiger partial charge in [-0.1, -0.05) is 12.1 Å². The number of rotatable bonds is 0. The second-order valence-corrected chi connectivity index (χ2v) is 3.91. The number of fused-ring (bicyclic) bond motifs is 3. The molecule has 0 unspecified atom stereocenters. The Morgan fingerprint density at radius 2 is 2.00 bits per heavy atom. The minimum Gasteiger partial charge on any atom is -0.291 e. The first kappa shape index (κ1) is 9.15. The van der Waals surface area contributed by atoms with E-state index in [-0.39, 0.29) is 5.56 Å². The highest BCUT2D eigenvalue weighted by molar-refractivity contribution is 5.80. The average Bonchev–Trinajstić information content (AvgIpc) is 2.55. The molecule has 0 radical (unpaired) electrons. The number of imidazole rings is 1. The third-order valence-corrected chi connectivity index (χ3v) is 2.96. The van der Waals surface area contributed by atoms with Crippen LogP contribution in [0.25, 0.3) is 16.7 Å². The molecule has 0 bridgehead atoms. The molecule has 2 heterocycles. The van der Waals surface area contributed by atoms with Crippen molar-refractivity contribution in [2.24, 2.45) is 0 Å². The molecule has 0 amide bonds. The number of hydrogen-bond acceptors (Lipinski definition) is 2. The lowest BCUT2D eigenvalue weighted by molar-refractivity contribution is 1.09. The van der Waals surface area contributed by atoms with Crippen molar-refractivity contribution in [1.82, 2.24) is 14.4 Å². The zero-order valence-corrected chi connectivity index (χ0v) is 9.11. The van der Waals surface area contributed by atoms with Crippen molar-refractivity contribution in [3.8, 4) is 0 Å². The molecule has 4 nitrogen and oxygen atoms in total. The highest BCUT2D eigenvalue weighted by Gasteiger charge is 2.09. The van der Waals surface area contributed by atoms with E-state index in [0.717, 1.165) is 16.9 Å². The van der Waals surface area contributed by atoms with Crippen LogP contribution in [0.5, 0.6) is 0 Å². The van der Waals surface area contributed by atoms with Crippen LogP contribution in [0.4, 0.5) is 0 Å². The molecule has 0 spiro atoms. The number of nitrogens with zero attached hydrogens (tertiary/aromatic N) is 2. The number of hydrogen-bond donors (Lipinski definition) is 1. The summed E-state index contributed by atoms with van der Waals surface area (Å²) in [7, 11) is 0. The SMILES string of the molecule is Cc1nc2[nH]c(=O)c3ccccc3n2c1C. The van der Waals surface area contributed by atoms with Crippen molar-refractivity contribution in [3.63, 3.8) is 0 Å². The summed E-state index contributed by atoms with van der Waals surface area (Å²) in [5.74, 6) is 0.610. The van der Waals surface area contributed by atoms with Crippen LogP contribution < -0.4 is 5.56 Å². The highest BCUT2D eigenvalue weighted by atomic mass is 16.1. The van der Waals surface area contributed by atoms with Gasteiger partial charge in [0.25, 0.3) is 5.56 Å². The van der Waals surface area contributed by atoms with Gasteiger partial charge in [-0.15, -0.1) is 0 Å². The largest absolute Gasteiger partial charge is 0.291 e. The van der Waals surface area contributed by atoms with Crippen LogP contribution in [-0.2, 0) is 0 Å². The molecule has 0 saturated carbocycles. The van der Waals surface area contributed by atoms with Crippen molar-refractivity contribution in [2.45, 2.75) is 13.8 Å². The zero-order valence-electron chi connectivity index (χ0n) is 9.11. The van der Waals surface area contributed by atoms with Crippen molar-refractivity contribution in [1.29, 1.82) is 0 Å². The van der Waals surface area contributed by atoms with Crippen LogP contribution in [0, 0.1) is 13.8 Å². The number of aromatic nitrogens is 3. The van der Waals surface area contributed by atoms with E-state index >= 15 is 0 Å². The fraction of sp³-hybridized carbons (Fsp3) is 0.167. The van der Waals surface area contributed by atoms with Gasteiger partial charge in [0.15, 0.2) is 0 Å². The molecule has 0 atom stereocenters. The first-order chi connectivity index (χ1) is 7.68. The summed E-state index contributed by atoms with van der Waals surface area (Å²) in [4.78, 5) is 18.9.